The van der Waals surface area contributed by atoms with E-state index in [-0.39, 0.29) is 5.91 Å². The lowest BCUT2D eigenvalue weighted by Crippen LogP contribution is -2.32. The Bertz CT molecular complexity index is 874. The van der Waals surface area contributed by atoms with Crippen molar-refractivity contribution in [3.63, 3.8) is 0 Å². The third-order valence-corrected chi connectivity index (χ3v) is 4.37. The SMILES string of the molecule is CCc1ccc(O[C@@H](CC)C(=O)Nc2ccc(Oc3ccccc3)cc2)cc1. The van der Waals surface area contributed by atoms with E-state index in [1.807, 2.05) is 85.8 Å². The highest BCUT2D eigenvalue weighted by atomic mass is 16.5. The Kier molecular flexibility index (Phi) is 6.68. The highest BCUT2D eigenvalue weighted by Gasteiger charge is 2.18. The monoisotopic (exact) mass is 375 g/mol. The van der Waals surface area contributed by atoms with Crippen LogP contribution in [0.25, 0.3) is 0 Å². The first-order valence-electron chi connectivity index (χ1n) is 9.57. The second-order valence-corrected chi connectivity index (χ2v) is 6.44. The summed E-state index contributed by atoms with van der Waals surface area (Å²) in [6.07, 6.45) is 1.01. The molecule has 0 aromatic heterocycles. The van der Waals surface area contributed by atoms with Crippen LogP contribution < -0.4 is 14.8 Å². The van der Waals surface area contributed by atoms with Gasteiger partial charge in [-0.15, -0.1) is 0 Å². The number of nitrogens with one attached hydrogen (secondary N) is 1. The van der Waals surface area contributed by atoms with Gasteiger partial charge in [-0.25, -0.2) is 0 Å². The number of ether oxygens (including phenoxy) is 2. The highest BCUT2D eigenvalue weighted by Crippen LogP contribution is 2.23. The van der Waals surface area contributed by atoms with Crippen LogP contribution >= 0.6 is 0 Å². The summed E-state index contributed by atoms with van der Waals surface area (Å²) < 4.78 is 11.6. The van der Waals surface area contributed by atoms with Crippen molar-refractivity contribution in [3.05, 3.63) is 84.4 Å². The second-order valence-electron chi connectivity index (χ2n) is 6.44. The summed E-state index contributed by atoms with van der Waals surface area (Å²) in [5, 5.41) is 2.91. The number of aryl methyl sites for hydroxylation is 1. The summed E-state index contributed by atoms with van der Waals surface area (Å²) in [6.45, 7) is 4.04. The predicted molar refractivity (Wildman–Crippen MR) is 112 cm³/mol. The zero-order chi connectivity index (χ0) is 19.8. The number of carbonyl (C=O) groups excluding carboxylic acids is 1. The lowest BCUT2D eigenvalue weighted by Gasteiger charge is -2.17. The summed E-state index contributed by atoms with van der Waals surface area (Å²) in [4.78, 5) is 12.6. The Morgan fingerprint density at radius 1 is 0.821 bits per heavy atom. The lowest BCUT2D eigenvalue weighted by atomic mass is 10.1. The average Bonchev–Trinajstić information content (AvgIpc) is 2.74. The number of hydrogen-bond donors (Lipinski definition) is 1. The quantitative estimate of drug-likeness (QED) is 0.538. The van der Waals surface area contributed by atoms with Gasteiger partial charge < -0.3 is 14.8 Å². The molecule has 0 heterocycles. The van der Waals surface area contributed by atoms with Crippen LogP contribution in [0.1, 0.15) is 25.8 Å². The van der Waals surface area contributed by atoms with Crippen LogP contribution in [-0.2, 0) is 11.2 Å². The first-order valence-corrected chi connectivity index (χ1v) is 9.57. The molecule has 0 aliphatic rings. The van der Waals surface area contributed by atoms with Gasteiger partial charge in [-0.1, -0.05) is 44.2 Å². The minimum atomic E-state index is -0.548. The number of anilines is 1. The number of hydrogen-bond acceptors (Lipinski definition) is 3. The summed E-state index contributed by atoms with van der Waals surface area (Å²) in [5.41, 5.74) is 1.94. The molecular weight excluding hydrogens is 350 g/mol. The maximum absolute atomic E-state index is 12.6. The van der Waals surface area contributed by atoms with Gasteiger partial charge in [-0.05, 0) is 66.9 Å². The van der Waals surface area contributed by atoms with Crippen LogP contribution in [0.5, 0.6) is 17.2 Å². The largest absolute Gasteiger partial charge is 0.481 e. The van der Waals surface area contributed by atoms with Crippen LogP contribution in [0, 0.1) is 0 Å². The van der Waals surface area contributed by atoms with E-state index in [0.29, 0.717) is 23.6 Å². The fourth-order valence-corrected chi connectivity index (χ4v) is 2.74. The summed E-state index contributed by atoms with van der Waals surface area (Å²) in [6, 6.07) is 24.7. The topological polar surface area (TPSA) is 47.6 Å². The Morgan fingerprint density at radius 3 is 2.04 bits per heavy atom. The van der Waals surface area contributed by atoms with Gasteiger partial charge in [-0.3, -0.25) is 4.79 Å². The maximum Gasteiger partial charge on any atom is 0.265 e. The molecule has 3 aromatic rings. The Balaban J connectivity index is 1.58. The van der Waals surface area contributed by atoms with Crippen molar-refractivity contribution in [2.45, 2.75) is 32.8 Å². The molecule has 0 aliphatic carbocycles. The van der Waals surface area contributed by atoms with E-state index in [4.69, 9.17) is 9.47 Å². The number of amides is 1. The Hall–Kier alpha value is -3.27. The van der Waals surface area contributed by atoms with Gasteiger partial charge in [0, 0.05) is 5.69 Å². The van der Waals surface area contributed by atoms with Gasteiger partial charge in [-0.2, -0.15) is 0 Å². The van der Waals surface area contributed by atoms with Crippen molar-refractivity contribution in [1.29, 1.82) is 0 Å². The molecular formula is C24H25NO3. The minimum absolute atomic E-state index is 0.168. The number of benzene rings is 3. The van der Waals surface area contributed by atoms with E-state index in [1.165, 1.54) is 5.56 Å². The molecule has 3 rings (SSSR count). The van der Waals surface area contributed by atoms with Crippen LogP contribution in [-0.4, -0.2) is 12.0 Å². The molecule has 3 aromatic carbocycles. The normalized spacial score (nSPS) is 11.5. The standard InChI is InChI=1S/C24H25NO3/c1-3-18-10-14-22(15-11-18)28-23(4-2)24(26)25-19-12-16-21(17-13-19)27-20-8-6-5-7-9-20/h5-17,23H,3-4H2,1-2H3,(H,25,26)/t23-/m0/s1. The molecule has 144 valence electrons. The Morgan fingerprint density at radius 2 is 1.43 bits per heavy atom. The molecule has 1 amide bonds. The fraction of sp³-hybridized carbons (Fsp3) is 0.208. The van der Waals surface area contributed by atoms with Gasteiger partial charge in [0.25, 0.3) is 5.91 Å². The maximum atomic E-state index is 12.6. The Labute approximate surface area is 166 Å². The third kappa shape index (κ3) is 5.36. The highest BCUT2D eigenvalue weighted by molar-refractivity contribution is 5.94. The molecule has 0 bridgehead atoms. The molecule has 4 heteroatoms. The van der Waals surface area contributed by atoms with Crippen LogP contribution in [0.15, 0.2) is 78.9 Å². The molecule has 0 fully saturated rings. The van der Waals surface area contributed by atoms with Crippen LogP contribution in [0.3, 0.4) is 0 Å². The van der Waals surface area contributed by atoms with E-state index in [1.54, 1.807) is 0 Å². The van der Waals surface area contributed by atoms with Crippen molar-refractivity contribution in [3.8, 4) is 17.2 Å². The minimum Gasteiger partial charge on any atom is -0.481 e. The second kappa shape index (κ2) is 9.60. The molecule has 28 heavy (non-hydrogen) atoms. The zero-order valence-electron chi connectivity index (χ0n) is 16.2. The van der Waals surface area contributed by atoms with Crippen molar-refractivity contribution in [2.75, 3.05) is 5.32 Å². The van der Waals surface area contributed by atoms with Crippen LogP contribution in [0.2, 0.25) is 0 Å². The van der Waals surface area contributed by atoms with E-state index in [9.17, 15) is 4.79 Å². The molecule has 1 atom stereocenters. The molecule has 1 N–H and O–H groups in total. The first-order chi connectivity index (χ1) is 13.7. The predicted octanol–water partition coefficient (Wildman–Crippen LogP) is 5.84. The van der Waals surface area contributed by atoms with Crippen molar-refractivity contribution in [1.82, 2.24) is 0 Å². The number of carbonyl (C=O) groups is 1. The van der Waals surface area contributed by atoms with Gasteiger partial charge in [0.15, 0.2) is 6.10 Å². The van der Waals surface area contributed by atoms with E-state index in [2.05, 4.69) is 12.2 Å². The molecule has 0 aliphatic heterocycles. The summed E-state index contributed by atoms with van der Waals surface area (Å²) in [5.74, 6) is 2.01. The van der Waals surface area contributed by atoms with E-state index >= 15 is 0 Å². The van der Waals surface area contributed by atoms with E-state index in [0.717, 1.165) is 12.2 Å². The molecule has 0 spiro atoms. The van der Waals surface area contributed by atoms with Crippen LogP contribution in [0.4, 0.5) is 5.69 Å². The molecule has 0 saturated carbocycles. The molecule has 4 nitrogen and oxygen atoms in total. The van der Waals surface area contributed by atoms with Gasteiger partial charge in [0.1, 0.15) is 17.2 Å². The van der Waals surface area contributed by atoms with Gasteiger partial charge in [0.2, 0.25) is 0 Å². The molecule has 0 radical (unpaired) electrons. The van der Waals surface area contributed by atoms with Gasteiger partial charge >= 0.3 is 0 Å². The number of para-hydroxylation sites is 1. The third-order valence-electron chi connectivity index (χ3n) is 4.37. The zero-order valence-corrected chi connectivity index (χ0v) is 16.2. The fourth-order valence-electron chi connectivity index (χ4n) is 2.74. The number of rotatable bonds is 8. The van der Waals surface area contributed by atoms with E-state index < -0.39 is 6.10 Å². The molecule has 0 unspecified atom stereocenters. The lowest BCUT2D eigenvalue weighted by molar-refractivity contribution is -0.122. The summed E-state index contributed by atoms with van der Waals surface area (Å²) >= 11 is 0. The first kappa shape index (κ1) is 19.5. The smallest absolute Gasteiger partial charge is 0.265 e. The van der Waals surface area contributed by atoms with Crippen molar-refractivity contribution >= 4 is 11.6 Å². The van der Waals surface area contributed by atoms with Gasteiger partial charge in [0.05, 0.1) is 0 Å². The average molecular weight is 375 g/mol. The van der Waals surface area contributed by atoms with Crippen molar-refractivity contribution < 1.29 is 14.3 Å². The summed E-state index contributed by atoms with van der Waals surface area (Å²) in [7, 11) is 0. The van der Waals surface area contributed by atoms with Crippen molar-refractivity contribution in [2.24, 2.45) is 0 Å². The molecule has 0 saturated heterocycles.